The lowest BCUT2D eigenvalue weighted by atomic mass is 10.1. The number of ether oxygens (including phenoxy) is 1. The Morgan fingerprint density at radius 2 is 2.17 bits per heavy atom. The summed E-state index contributed by atoms with van der Waals surface area (Å²) in [6.45, 7) is 1.59. The zero-order valence-corrected chi connectivity index (χ0v) is 9.67. The van der Waals surface area contributed by atoms with Gasteiger partial charge in [-0.05, 0) is 12.1 Å². The van der Waals surface area contributed by atoms with Gasteiger partial charge in [-0.15, -0.1) is 0 Å². The molecule has 0 atom stereocenters. The summed E-state index contributed by atoms with van der Waals surface area (Å²) in [5.74, 6) is -0.890. The van der Waals surface area contributed by atoms with E-state index in [-0.39, 0.29) is 28.5 Å². The van der Waals surface area contributed by atoms with Crippen molar-refractivity contribution in [1.82, 2.24) is 10.1 Å². The summed E-state index contributed by atoms with van der Waals surface area (Å²) in [7, 11) is 1.36. The maximum Gasteiger partial charge on any atom is 0.336 e. The number of methoxy groups -OCH3 is 1. The van der Waals surface area contributed by atoms with Crippen LogP contribution in [0.15, 0.2) is 16.7 Å². The van der Waals surface area contributed by atoms with Gasteiger partial charge in [0.1, 0.15) is 0 Å². The predicted molar refractivity (Wildman–Crippen MR) is 59.6 cm³/mol. The quantitative estimate of drug-likeness (QED) is 0.849. The van der Waals surface area contributed by atoms with Gasteiger partial charge in [-0.3, -0.25) is 0 Å². The van der Waals surface area contributed by atoms with Gasteiger partial charge in [0.15, 0.2) is 11.5 Å². The number of rotatable bonds is 3. The van der Waals surface area contributed by atoms with Crippen molar-refractivity contribution < 1.29 is 24.3 Å². The van der Waals surface area contributed by atoms with E-state index in [2.05, 4.69) is 10.1 Å². The number of hydrogen-bond acceptors (Lipinski definition) is 6. The Morgan fingerprint density at radius 1 is 1.44 bits per heavy atom. The molecular weight excluding hydrogens is 240 g/mol. The van der Waals surface area contributed by atoms with Crippen molar-refractivity contribution in [3.63, 3.8) is 0 Å². The Morgan fingerprint density at radius 3 is 2.67 bits per heavy atom. The molecule has 0 aliphatic carbocycles. The minimum absolute atomic E-state index is 0.128. The van der Waals surface area contributed by atoms with Gasteiger partial charge >= 0.3 is 5.97 Å². The molecule has 2 N–H and O–H groups in total. The molecule has 18 heavy (non-hydrogen) atoms. The number of carbonyl (C=O) groups is 1. The zero-order chi connectivity index (χ0) is 13.3. The molecule has 2 rings (SSSR count). The van der Waals surface area contributed by atoms with Crippen LogP contribution in [0.2, 0.25) is 0 Å². The molecule has 94 valence electrons. The number of aromatic hydroxyl groups is 1. The van der Waals surface area contributed by atoms with Gasteiger partial charge in [-0.2, -0.15) is 4.98 Å². The summed E-state index contributed by atoms with van der Waals surface area (Å²) in [6.07, 6.45) is 0. The fourth-order valence-electron chi connectivity index (χ4n) is 1.50. The van der Waals surface area contributed by atoms with Crippen LogP contribution in [0.3, 0.4) is 0 Å². The third-order valence-electron chi connectivity index (χ3n) is 2.32. The monoisotopic (exact) mass is 250 g/mol. The number of phenols is 1. The molecule has 0 aliphatic rings. The summed E-state index contributed by atoms with van der Waals surface area (Å²) < 4.78 is 9.72. The van der Waals surface area contributed by atoms with Crippen LogP contribution in [0.5, 0.6) is 11.5 Å². The van der Waals surface area contributed by atoms with Gasteiger partial charge in [-0.1, -0.05) is 5.16 Å². The minimum atomic E-state index is -1.20. The molecule has 0 bridgehead atoms. The maximum absolute atomic E-state index is 11.1. The highest BCUT2D eigenvalue weighted by molar-refractivity contribution is 5.96. The molecule has 7 heteroatoms. The van der Waals surface area contributed by atoms with Crippen molar-refractivity contribution in [2.45, 2.75) is 6.92 Å². The fraction of sp³-hybridized carbons (Fsp3) is 0.182. The van der Waals surface area contributed by atoms with E-state index in [0.29, 0.717) is 5.89 Å². The second-order valence-electron chi connectivity index (χ2n) is 3.51. The van der Waals surface area contributed by atoms with E-state index in [1.807, 2.05) is 0 Å². The molecule has 7 nitrogen and oxygen atoms in total. The third kappa shape index (κ3) is 1.97. The topological polar surface area (TPSA) is 106 Å². The van der Waals surface area contributed by atoms with E-state index in [0.717, 1.165) is 6.07 Å². The SMILES string of the molecule is COc1cc(-c2noc(C)n2)c(C(=O)O)cc1O. The van der Waals surface area contributed by atoms with E-state index < -0.39 is 5.97 Å². The first-order chi connectivity index (χ1) is 8.52. The first-order valence-electron chi connectivity index (χ1n) is 4.98. The first kappa shape index (κ1) is 11.9. The summed E-state index contributed by atoms with van der Waals surface area (Å²) >= 11 is 0. The average Bonchev–Trinajstić information content (AvgIpc) is 2.75. The van der Waals surface area contributed by atoms with E-state index in [1.165, 1.54) is 13.2 Å². The predicted octanol–water partition coefficient (Wildman–Crippen LogP) is 1.46. The van der Waals surface area contributed by atoms with Crippen molar-refractivity contribution in [2.24, 2.45) is 0 Å². The van der Waals surface area contributed by atoms with E-state index in [1.54, 1.807) is 6.92 Å². The molecular formula is C11H10N2O5. The molecule has 1 heterocycles. The van der Waals surface area contributed by atoms with E-state index in [4.69, 9.17) is 14.4 Å². The van der Waals surface area contributed by atoms with Crippen molar-refractivity contribution in [3.8, 4) is 22.9 Å². The Balaban J connectivity index is 2.66. The molecule has 1 aromatic heterocycles. The van der Waals surface area contributed by atoms with E-state index in [9.17, 15) is 9.90 Å². The Labute approximate surface area is 102 Å². The molecule has 0 aliphatic heterocycles. The van der Waals surface area contributed by atoms with Gasteiger partial charge in [0.25, 0.3) is 0 Å². The Hall–Kier alpha value is -2.57. The number of aromatic nitrogens is 2. The van der Waals surface area contributed by atoms with Crippen molar-refractivity contribution in [1.29, 1.82) is 0 Å². The molecule has 0 saturated carbocycles. The smallest absolute Gasteiger partial charge is 0.336 e. The first-order valence-corrected chi connectivity index (χ1v) is 4.98. The van der Waals surface area contributed by atoms with E-state index >= 15 is 0 Å². The van der Waals surface area contributed by atoms with Gasteiger partial charge < -0.3 is 19.5 Å². The largest absolute Gasteiger partial charge is 0.504 e. The Kier molecular flexibility index (Phi) is 2.88. The standard InChI is InChI=1S/C11H10N2O5/c1-5-12-10(13-18-5)6-4-9(17-2)8(14)3-7(6)11(15)16/h3-4,14H,1-2H3,(H,15,16). The van der Waals surface area contributed by atoms with Crippen molar-refractivity contribution >= 4 is 5.97 Å². The summed E-state index contributed by atoms with van der Waals surface area (Å²) in [5, 5.41) is 22.3. The molecule has 0 saturated heterocycles. The van der Waals surface area contributed by atoms with Crippen LogP contribution in [0.4, 0.5) is 0 Å². The highest BCUT2D eigenvalue weighted by Gasteiger charge is 2.19. The number of aromatic carboxylic acids is 1. The highest BCUT2D eigenvalue weighted by Crippen LogP contribution is 2.33. The number of carboxylic acids is 1. The highest BCUT2D eigenvalue weighted by atomic mass is 16.5. The summed E-state index contributed by atoms with van der Waals surface area (Å²) in [6, 6.07) is 2.44. The number of hydrogen-bond donors (Lipinski definition) is 2. The Bertz CT molecular complexity index is 605. The van der Waals surface area contributed by atoms with Crippen LogP contribution in [0.25, 0.3) is 11.4 Å². The van der Waals surface area contributed by atoms with Crippen LogP contribution in [-0.2, 0) is 0 Å². The number of nitrogens with zero attached hydrogens (tertiary/aromatic N) is 2. The molecule has 1 aromatic carbocycles. The minimum Gasteiger partial charge on any atom is -0.504 e. The van der Waals surface area contributed by atoms with Gasteiger partial charge in [-0.25, -0.2) is 4.79 Å². The fourth-order valence-corrected chi connectivity index (χ4v) is 1.50. The van der Waals surface area contributed by atoms with Gasteiger partial charge in [0.05, 0.1) is 12.7 Å². The molecule has 0 amide bonds. The van der Waals surface area contributed by atoms with Crippen LogP contribution < -0.4 is 4.74 Å². The number of carboxylic acid groups (broad SMARTS) is 1. The van der Waals surface area contributed by atoms with Crippen LogP contribution in [0.1, 0.15) is 16.2 Å². The average molecular weight is 250 g/mol. The molecule has 2 aromatic rings. The second-order valence-corrected chi connectivity index (χ2v) is 3.51. The zero-order valence-electron chi connectivity index (χ0n) is 9.67. The lowest BCUT2D eigenvalue weighted by Crippen LogP contribution is -2.01. The molecule has 0 spiro atoms. The molecule has 0 unspecified atom stereocenters. The lowest BCUT2D eigenvalue weighted by molar-refractivity contribution is 0.0697. The van der Waals surface area contributed by atoms with Gasteiger partial charge in [0, 0.05) is 12.5 Å². The normalized spacial score (nSPS) is 10.3. The number of phenolic OH excluding ortho intramolecular Hbond substituents is 1. The molecule has 0 radical (unpaired) electrons. The van der Waals surface area contributed by atoms with Crippen LogP contribution >= 0.6 is 0 Å². The second kappa shape index (κ2) is 4.36. The summed E-state index contributed by atoms with van der Waals surface area (Å²) in [4.78, 5) is 15.1. The number of aryl methyl sites for hydroxylation is 1. The van der Waals surface area contributed by atoms with Crippen molar-refractivity contribution in [3.05, 3.63) is 23.6 Å². The lowest BCUT2D eigenvalue weighted by Gasteiger charge is -2.07. The van der Waals surface area contributed by atoms with Crippen molar-refractivity contribution in [2.75, 3.05) is 7.11 Å². The third-order valence-corrected chi connectivity index (χ3v) is 2.32. The van der Waals surface area contributed by atoms with Crippen LogP contribution in [0, 0.1) is 6.92 Å². The summed E-state index contributed by atoms with van der Waals surface area (Å²) in [5.41, 5.74) is 0.0862. The van der Waals surface area contributed by atoms with Gasteiger partial charge in [0.2, 0.25) is 11.7 Å². The maximum atomic E-state index is 11.1. The molecule has 0 fully saturated rings. The van der Waals surface area contributed by atoms with Crippen LogP contribution in [-0.4, -0.2) is 33.4 Å². The number of benzene rings is 1.